The van der Waals surface area contributed by atoms with Crippen molar-refractivity contribution in [2.75, 3.05) is 5.32 Å². The topological polar surface area (TPSA) is 69.9 Å². The Morgan fingerprint density at radius 2 is 1.77 bits per heavy atom. The average molecular weight is 313 g/mol. The highest BCUT2D eigenvalue weighted by Gasteiger charge is 2.06. The fourth-order valence-corrected chi connectivity index (χ4v) is 2.44. The fourth-order valence-electron chi connectivity index (χ4n) is 2.22. The summed E-state index contributed by atoms with van der Waals surface area (Å²) in [7, 11) is 0. The van der Waals surface area contributed by atoms with Crippen molar-refractivity contribution in [2.45, 2.75) is 13.8 Å². The largest absolute Gasteiger partial charge is 0.457 e. The van der Waals surface area contributed by atoms with Crippen LogP contribution in [0, 0.1) is 11.7 Å². The number of nitrogens with one attached hydrogen (secondary N) is 3. The average Bonchev–Trinajstić information content (AvgIpc) is 2.80. The van der Waals surface area contributed by atoms with Crippen molar-refractivity contribution >= 4 is 34.8 Å². The lowest BCUT2D eigenvalue weighted by Crippen LogP contribution is -2.05. The lowest BCUT2D eigenvalue weighted by molar-refractivity contribution is -0.114. The van der Waals surface area contributed by atoms with Crippen molar-refractivity contribution in [1.82, 2.24) is 9.97 Å². The van der Waals surface area contributed by atoms with E-state index in [0.29, 0.717) is 10.5 Å². The number of aryl methyl sites for hydroxylation is 1. The molecule has 0 bridgehead atoms. The summed E-state index contributed by atoms with van der Waals surface area (Å²) in [4.78, 5) is 17.2. The van der Waals surface area contributed by atoms with Crippen LogP contribution in [0.25, 0.3) is 11.0 Å². The number of H-pyrrole nitrogens is 2. The highest BCUT2D eigenvalue weighted by molar-refractivity contribution is 7.71. The molecule has 1 amide bonds. The van der Waals surface area contributed by atoms with E-state index in [1.807, 2.05) is 31.2 Å². The maximum atomic E-state index is 11.0. The Kier molecular flexibility index (Phi) is 3.68. The number of anilines is 1. The molecule has 0 atom stereocenters. The molecular formula is C16H15N3O2S. The van der Waals surface area contributed by atoms with Crippen molar-refractivity contribution in [3.8, 4) is 11.5 Å². The summed E-state index contributed by atoms with van der Waals surface area (Å²) in [6.07, 6.45) is 0. The number of benzene rings is 2. The summed E-state index contributed by atoms with van der Waals surface area (Å²) in [5.41, 5.74) is 3.60. The first-order valence-corrected chi connectivity index (χ1v) is 7.20. The molecule has 0 spiro atoms. The molecule has 6 heteroatoms. The lowest BCUT2D eigenvalue weighted by atomic mass is 10.2. The van der Waals surface area contributed by atoms with Gasteiger partial charge in [0.05, 0.1) is 11.0 Å². The van der Waals surface area contributed by atoms with Gasteiger partial charge >= 0.3 is 0 Å². The molecule has 112 valence electrons. The predicted octanol–water partition coefficient (Wildman–Crippen LogP) is 4.28. The van der Waals surface area contributed by atoms with E-state index >= 15 is 0 Å². The fraction of sp³-hybridized carbons (Fsp3) is 0.125. The van der Waals surface area contributed by atoms with Gasteiger partial charge in [0, 0.05) is 18.7 Å². The number of hydrogen-bond acceptors (Lipinski definition) is 3. The molecule has 0 fully saturated rings. The zero-order valence-corrected chi connectivity index (χ0v) is 13.0. The minimum Gasteiger partial charge on any atom is -0.457 e. The standard InChI is InChI=1S/C16H15N3O2S/c1-9-7-13-14(19-16(22)18-13)8-15(9)21-12-5-3-11(4-6-12)17-10(2)20/h3-8H,1-2H3,(H,17,20)(H2,18,19,22). The number of fused-ring (bicyclic) bond motifs is 1. The van der Waals surface area contributed by atoms with Crippen LogP contribution < -0.4 is 10.1 Å². The lowest BCUT2D eigenvalue weighted by Gasteiger charge is -2.10. The molecule has 3 rings (SSSR count). The predicted molar refractivity (Wildman–Crippen MR) is 89.0 cm³/mol. The van der Waals surface area contributed by atoms with Gasteiger partial charge in [0.25, 0.3) is 0 Å². The molecule has 3 aromatic rings. The first-order chi connectivity index (χ1) is 10.5. The zero-order valence-electron chi connectivity index (χ0n) is 12.2. The van der Waals surface area contributed by atoms with E-state index in [0.717, 1.165) is 28.0 Å². The van der Waals surface area contributed by atoms with Gasteiger partial charge in [-0.15, -0.1) is 0 Å². The molecule has 2 aromatic carbocycles. The maximum Gasteiger partial charge on any atom is 0.221 e. The Bertz CT molecular complexity index is 894. The molecule has 0 saturated carbocycles. The van der Waals surface area contributed by atoms with Gasteiger partial charge in [0.2, 0.25) is 5.91 Å². The van der Waals surface area contributed by atoms with E-state index < -0.39 is 0 Å². The van der Waals surface area contributed by atoms with Crippen molar-refractivity contribution in [3.05, 3.63) is 46.7 Å². The Morgan fingerprint density at radius 3 is 2.41 bits per heavy atom. The molecule has 22 heavy (non-hydrogen) atoms. The molecule has 1 aromatic heterocycles. The number of imidazole rings is 1. The number of carbonyl (C=O) groups excluding carboxylic acids is 1. The second-order valence-electron chi connectivity index (χ2n) is 5.05. The van der Waals surface area contributed by atoms with E-state index in [2.05, 4.69) is 15.3 Å². The van der Waals surface area contributed by atoms with Crippen LogP contribution in [0.4, 0.5) is 5.69 Å². The van der Waals surface area contributed by atoms with Crippen LogP contribution in [-0.4, -0.2) is 15.9 Å². The second-order valence-corrected chi connectivity index (χ2v) is 5.46. The minimum atomic E-state index is -0.0994. The molecular weight excluding hydrogens is 298 g/mol. The van der Waals surface area contributed by atoms with Gasteiger partial charge in [0.1, 0.15) is 11.5 Å². The van der Waals surface area contributed by atoms with Crippen LogP contribution in [0.15, 0.2) is 36.4 Å². The van der Waals surface area contributed by atoms with Crippen LogP contribution in [-0.2, 0) is 4.79 Å². The number of amides is 1. The minimum absolute atomic E-state index is 0.0994. The normalized spacial score (nSPS) is 10.6. The number of hydrogen-bond donors (Lipinski definition) is 3. The molecule has 5 nitrogen and oxygen atoms in total. The Balaban J connectivity index is 1.87. The van der Waals surface area contributed by atoms with Crippen molar-refractivity contribution in [3.63, 3.8) is 0 Å². The Morgan fingerprint density at radius 1 is 1.14 bits per heavy atom. The number of aromatic amines is 2. The Labute approximate surface area is 132 Å². The number of ether oxygens (including phenoxy) is 1. The molecule has 3 N–H and O–H groups in total. The van der Waals surface area contributed by atoms with E-state index in [4.69, 9.17) is 17.0 Å². The van der Waals surface area contributed by atoms with Crippen LogP contribution in [0.2, 0.25) is 0 Å². The van der Waals surface area contributed by atoms with Crippen LogP contribution in [0.5, 0.6) is 11.5 Å². The van der Waals surface area contributed by atoms with Crippen molar-refractivity contribution in [2.24, 2.45) is 0 Å². The number of aromatic nitrogens is 2. The molecule has 0 aliphatic carbocycles. The summed E-state index contributed by atoms with van der Waals surface area (Å²) < 4.78 is 6.49. The summed E-state index contributed by atoms with van der Waals surface area (Å²) in [5, 5.41) is 2.72. The van der Waals surface area contributed by atoms with Crippen LogP contribution in [0.1, 0.15) is 12.5 Å². The molecule has 0 saturated heterocycles. The molecule has 0 aliphatic rings. The molecule has 1 heterocycles. The van der Waals surface area contributed by atoms with Crippen LogP contribution in [0.3, 0.4) is 0 Å². The van der Waals surface area contributed by atoms with Gasteiger partial charge in [-0.1, -0.05) is 0 Å². The quantitative estimate of drug-likeness (QED) is 0.632. The highest BCUT2D eigenvalue weighted by Crippen LogP contribution is 2.29. The second kappa shape index (κ2) is 5.65. The van der Waals surface area contributed by atoms with Gasteiger partial charge in [-0.3, -0.25) is 4.79 Å². The summed E-state index contributed by atoms with van der Waals surface area (Å²) in [6.45, 7) is 3.45. The molecule has 0 unspecified atom stereocenters. The van der Waals surface area contributed by atoms with E-state index in [9.17, 15) is 4.79 Å². The van der Waals surface area contributed by atoms with Crippen LogP contribution >= 0.6 is 12.2 Å². The zero-order chi connectivity index (χ0) is 15.7. The van der Waals surface area contributed by atoms with Gasteiger partial charge in [0.15, 0.2) is 4.77 Å². The van der Waals surface area contributed by atoms with Gasteiger partial charge in [-0.25, -0.2) is 0 Å². The van der Waals surface area contributed by atoms with Gasteiger partial charge in [-0.05, 0) is 55.0 Å². The number of rotatable bonds is 3. The third kappa shape index (κ3) is 3.01. The Hall–Kier alpha value is -2.60. The summed E-state index contributed by atoms with van der Waals surface area (Å²) in [5.74, 6) is 1.35. The first kappa shape index (κ1) is 14.3. The van der Waals surface area contributed by atoms with Gasteiger partial charge in [-0.2, -0.15) is 0 Å². The van der Waals surface area contributed by atoms with Gasteiger partial charge < -0.3 is 20.0 Å². The molecule has 0 radical (unpaired) electrons. The summed E-state index contributed by atoms with van der Waals surface area (Å²) >= 11 is 5.09. The smallest absolute Gasteiger partial charge is 0.221 e. The third-order valence-corrected chi connectivity index (χ3v) is 3.42. The van der Waals surface area contributed by atoms with E-state index in [1.165, 1.54) is 6.92 Å². The van der Waals surface area contributed by atoms with Crippen molar-refractivity contribution < 1.29 is 9.53 Å². The third-order valence-electron chi connectivity index (χ3n) is 3.21. The maximum absolute atomic E-state index is 11.0. The van der Waals surface area contributed by atoms with Crippen molar-refractivity contribution in [1.29, 1.82) is 0 Å². The summed E-state index contributed by atoms with van der Waals surface area (Å²) in [6, 6.07) is 11.1. The monoisotopic (exact) mass is 313 g/mol. The van der Waals surface area contributed by atoms with E-state index in [1.54, 1.807) is 12.1 Å². The molecule has 0 aliphatic heterocycles. The van der Waals surface area contributed by atoms with E-state index in [-0.39, 0.29) is 5.91 Å². The SMILES string of the molecule is CC(=O)Nc1ccc(Oc2cc3[nH]c(=S)[nH]c3cc2C)cc1. The first-order valence-electron chi connectivity index (χ1n) is 6.79. The number of carbonyl (C=O) groups is 1. The highest BCUT2D eigenvalue weighted by atomic mass is 32.1.